The zero-order valence-corrected chi connectivity index (χ0v) is 14.1. The van der Waals surface area contributed by atoms with Gasteiger partial charge in [-0.05, 0) is 50.2 Å². The first-order chi connectivity index (χ1) is 10.8. The SMILES string of the molecule is O=C(NCC(c1cccs1)N1CCCC1)N1CCCCCC1. The number of hydrogen-bond acceptors (Lipinski definition) is 3. The van der Waals surface area contributed by atoms with Gasteiger partial charge in [0, 0.05) is 24.5 Å². The minimum atomic E-state index is 0.127. The summed E-state index contributed by atoms with van der Waals surface area (Å²) in [6, 6.07) is 4.78. The first kappa shape index (κ1) is 15.8. The van der Waals surface area contributed by atoms with E-state index in [-0.39, 0.29) is 6.03 Å². The number of rotatable bonds is 4. The van der Waals surface area contributed by atoms with Crippen LogP contribution < -0.4 is 5.32 Å². The normalized spacial score (nSPS) is 21.5. The van der Waals surface area contributed by atoms with Crippen molar-refractivity contribution in [3.63, 3.8) is 0 Å². The van der Waals surface area contributed by atoms with Gasteiger partial charge >= 0.3 is 6.03 Å². The molecule has 0 radical (unpaired) electrons. The second kappa shape index (κ2) is 7.97. The maximum absolute atomic E-state index is 12.4. The van der Waals surface area contributed by atoms with E-state index in [0.29, 0.717) is 6.04 Å². The van der Waals surface area contributed by atoms with Crippen molar-refractivity contribution >= 4 is 17.4 Å². The highest BCUT2D eigenvalue weighted by Crippen LogP contribution is 2.27. The maximum Gasteiger partial charge on any atom is 0.317 e. The van der Waals surface area contributed by atoms with Gasteiger partial charge in [0.05, 0.1) is 6.04 Å². The van der Waals surface area contributed by atoms with Crippen molar-refractivity contribution in [3.05, 3.63) is 22.4 Å². The zero-order valence-electron chi connectivity index (χ0n) is 13.3. The third-order valence-corrected chi connectivity index (χ3v) is 5.77. The monoisotopic (exact) mass is 321 g/mol. The average Bonchev–Trinajstić information content (AvgIpc) is 3.18. The number of nitrogens with one attached hydrogen (secondary N) is 1. The van der Waals surface area contributed by atoms with Crippen LogP contribution in [0, 0.1) is 0 Å². The molecule has 2 aliphatic heterocycles. The summed E-state index contributed by atoms with van der Waals surface area (Å²) >= 11 is 1.80. The van der Waals surface area contributed by atoms with Crippen molar-refractivity contribution < 1.29 is 4.79 Å². The Morgan fingerprint density at radius 2 is 1.77 bits per heavy atom. The van der Waals surface area contributed by atoms with E-state index in [1.54, 1.807) is 11.3 Å². The lowest BCUT2D eigenvalue weighted by Gasteiger charge is -2.28. The van der Waals surface area contributed by atoms with Crippen LogP contribution in [0.5, 0.6) is 0 Å². The highest BCUT2D eigenvalue weighted by molar-refractivity contribution is 7.10. The highest BCUT2D eigenvalue weighted by atomic mass is 32.1. The van der Waals surface area contributed by atoms with E-state index in [4.69, 9.17) is 0 Å². The van der Waals surface area contributed by atoms with Gasteiger partial charge in [-0.3, -0.25) is 4.90 Å². The van der Waals surface area contributed by atoms with Gasteiger partial charge in [0.25, 0.3) is 0 Å². The van der Waals surface area contributed by atoms with Crippen LogP contribution in [0.2, 0.25) is 0 Å². The smallest absolute Gasteiger partial charge is 0.317 e. The van der Waals surface area contributed by atoms with Gasteiger partial charge in [-0.1, -0.05) is 18.9 Å². The Bertz CT molecular complexity index is 448. The van der Waals surface area contributed by atoms with Crippen LogP contribution in [0.4, 0.5) is 4.79 Å². The highest BCUT2D eigenvalue weighted by Gasteiger charge is 2.25. The van der Waals surface area contributed by atoms with Gasteiger partial charge < -0.3 is 10.2 Å². The van der Waals surface area contributed by atoms with Gasteiger partial charge in [0.15, 0.2) is 0 Å². The van der Waals surface area contributed by atoms with E-state index >= 15 is 0 Å². The van der Waals surface area contributed by atoms with E-state index in [1.165, 1.54) is 30.6 Å². The number of carbonyl (C=O) groups excluding carboxylic acids is 1. The number of urea groups is 1. The molecule has 1 N–H and O–H groups in total. The Labute approximate surface area is 137 Å². The van der Waals surface area contributed by atoms with Crippen LogP contribution in [0.15, 0.2) is 17.5 Å². The fraction of sp³-hybridized carbons (Fsp3) is 0.706. The van der Waals surface area contributed by atoms with Crippen LogP contribution in [0.1, 0.15) is 49.4 Å². The standard InChI is InChI=1S/C17H27N3OS/c21-17(20-11-3-1-2-4-12-20)18-14-15(16-8-7-13-22-16)19-9-5-6-10-19/h7-8,13,15H,1-6,9-12,14H2,(H,18,21). The first-order valence-electron chi connectivity index (χ1n) is 8.65. The predicted molar refractivity (Wildman–Crippen MR) is 91.3 cm³/mol. The molecule has 0 aromatic carbocycles. The Morgan fingerprint density at radius 3 is 2.41 bits per heavy atom. The van der Waals surface area contributed by atoms with E-state index in [1.807, 2.05) is 4.90 Å². The predicted octanol–water partition coefficient (Wildman–Crippen LogP) is 3.47. The van der Waals surface area contributed by atoms with E-state index in [0.717, 1.165) is 45.6 Å². The lowest BCUT2D eigenvalue weighted by atomic mass is 10.2. The molecule has 0 saturated carbocycles. The summed E-state index contributed by atoms with van der Waals surface area (Å²) in [5.74, 6) is 0. The lowest BCUT2D eigenvalue weighted by molar-refractivity contribution is 0.190. The summed E-state index contributed by atoms with van der Waals surface area (Å²) in [5.41, 5.74) is 0. The molecule has 1 aromatic heterocycles. The molecule has 5 heteroatoms. The van der Waals surface area contributed by atoms with Gasteiger partial charge in [0.2, 0.25) is 0 Å². The second-order valence-electron chi connectivity index (χ2n) is 6.36. The maximum atomic E-state index is 12.4. The van der Waals surface area contributed by atoms with Crippen LogP contribution in [0.3, 0.4) is 0 Å². The van der Waals surface area contributed by atoms with Crippen LogP contribution >= 0.6 is 11.3 Å². The van der Waals surface area contributed by atoms with Crippen LogP contribution in [0.25, 0.3) is 0 Å². The van der Waals surface area contributed by atoms with Crippen molar-refractivity contribution in [2.45, 2.75) is 44.6 Å². The number of amides is 2. The van der Waals surface area contributed by atoms with E-state index in [2.05, 4.69) is 27.7 Å². The quantitative estimate of drug-likeness (QED) is 0.921. The number of thiophene rings is 1. The largest absolute Gasteiger partial charge is 0.336 e. The molecule has 4 nitrogen and oxygen atoms in total. The molecule has 2 aliphatic rings. The van der Waals surface area contributed by atoms with Crippen molar-refractivity contribution in [2.24, 2.45) is 0 Å². The lowest BCUT2D eigenvalue weighted by Crippen LogP contribution is -2.44. The zero-order chi connectivity index (χ0) is 15.2. The molecule has 3 rings (SSSR count). The number of hydrogen-bond donors (Lipinski definition) is 1. The summed E-state index contributed by atoms with van der Waals surface area (Å²) in [6.07, 6.45) is 7.37. The molecule has 122 valence electrons. The molecule has 0 aliphatic carbocycles. The fourth-order valence-electron chi connectivity index (χ4n) is 3.51. The third-order valence-electron chi connectivity index (χ3n) is 4.79. The Hall–Kier alpha value is -1.07. The number of likely N-dealkylation sites (tertiary alicyclic amines) is 2. The molecule has 1 unspecified atom stereocenters. The molecule has 22 heavy (non-hydrogen) atoms. The van der Waals surface area contributed by atoms with Crippen molar-refractivity contribution in [1.82, 2.24) is 15.1 Å². The van der Waals surface area contributed by atoms with E-state index in [9.17, 15) is 4.79 Å². The molecule has 2 amide bonds. The van der Waals surface area contributed by atoms with Gasteiger partial charge in [-0.15, -0.1) is 11.3 Å². The summed E-state index contributed by atoms with van der Waals surface area (Å²) in [4.78, 5) is 18.3. The molecule has 0 bridgehead atoms. The van der Waals surface area contributed by atoms with Crippen molar-refractivity contribution in [3.8, 4) is 0 Å². The number of carbonyl (C=O) groups is 1. The van der Waals surface area contributed by atoms with Gasteiger partial charge in [-0.2, -0.15) is 0 Å². The molecular formula is C17H27N3OS. The molecule has 2 saturated heterocycles. The Kier molecular flexibility index (Phi) is 5.73. The van der Waals surface area contributed by atoms with Gasteiger partial charge in [-0.25, -0.2) is 4.79 Å². The minimum Gasteiger partial charge on any atom is -0.336 e. The number of nitrogens with zero attached hydrogens (tertiary/aromatic N) is 2. The average molecular weight is 321 g/mol. The minimum absolute atomic E-state index is 0.127. The van der Waals surface area contributed by atoms with Crippen molar-refractivity contribution in [1.29, 1.82) is 0 Å². The van der Waals surface area contributed by atoms with E-state index < -0.39 is 0 Å². The summed E-state index contributed by atoms with van der Waals surface area (Å²) in [5, 5.41) is 5.33. The van der Waals surface area contributed by atoms with Gasteiger partial charge in [0.1, 0.15) is 0 Å². The Balaban J connectivity index is 1.57. The molecule has 1 aromatic rings. The molecule has 0 spiro atoms. The summed E-state index contributed by atoms with van der Waals surface area (Å²) in [6.45, 7) is 4.87. The molecule has 3 heterocycles. The molecular weight excluding hydrogens is 294 g/mol. The van der Waals surface area contributed by atoms with Crippen LogP contribution in [-0.2, 0) is 0 Å². The molecule has 1 atom stereocenters. The molecule has 2 fully saturated rings. The fourth-order valence-corrected chi connectivity index (χ4v) is 4.37. The second-order valence-corrected chi connectivity index (χ2v) is 7.34. The first-order valence-corrected chi connectivity index (χ1v) is 9.53. The summed E-state index contributed by atoms with van der Waals surface area (Å²) < 4.78 is 0. The summed E-state index contributed by atoms with van der Waals surface area (Å²) in [7, 11) is 0. The topological polar surface area (TPSA) is 35.6 Å². The third kappa shape index (κ3) is 4.02. The van der Waals surface area contributed by atoms with Crippen LogP contribution in [-0.4, -0.2) is 48.6 Å². The van der Waals surface area contributed by atoms with Crippen molar-refractivity contribution in [2.75, 3.05) is 32.7 Å². The Morgan fingerprint density at radius 1 is 1.09 bits per heavy atom.